The Morgan fingerprint density at radius 2 is 2.05 bits per heavy atom. The third-order valence-electron chi connectivity index (χ3n) is 4.69. The van der Waals surface area contributed by atoms with Crippen LogP contribution >= 0.6 is 0 Å². The van der Waals surface area contributed by atoms with Gasteiger partial charge in [0.25, 0.3) is 0 Å². The van der Waals surface area contributed by atoms with Gasteiger partial charge < -0.3 is 9.64 Å². The van der Waals surface area contributed by atoms with Gasteiger partial charge >= 0.3 is 0 Å². The molecule has 2 rings (SSSR count). The molecule has 2 heterocycles. The van der Waals surface area contributed by atoms with E-state index in [1.807, 2.05) is 0 Å². The molecule has 2 aliphatic heterocycles. The summed E-state index contributed by atoms with van der Waals surface area (Å²) in [5.74, 6) is 1.56. The fourth-order valence-electron chi connectivity index (χ4n) is 3.43. The molecule has 0 spiro atoms. The van der Waals surface area contributed by atoms with Crippen molar-refractivity contribution in [3.05, 3.63) is 0 Å². The van der Waals surface area contributed by atoms with E-state index in [9.17, 15) is 4.79 Å². The lowest BCUT2D eigenvalue weighted by Gasteiger charge is -2.31. The zero-order chi connectivity index (χ0) is 15.2. The highest BCUT2D eigenvalue weighted by molar-refractivity contribution is 5.84. The van der Waals surface area contributed by atoms with E-state index in [-0.39, 0.29) is 12.2 Å². The molecule has 0 aromatic heterocycles. The zero-order valence-corrected chi connectivity index (χ0v) is 13.9. The van der Waals surface area contributed by atoms with Crippen molar-refractivity contribution in [1.82, 2.24) is 10.2 Å². The highest BCUT2D eigenvalue weighted by atomic mass is 16.5. The molecule has 0 bridgehead atoms. The molecule has 21 heavy (non-hydrogen) atoms. The van der Waals surface area contributed by atoms with Crippen molar-refractivity contribution in [2.24, 2.45) is 11.8 Å². The van der Waals surface area contributed by atoms with Gasteiger partial charge in [0, 0.05) is 19.8 Å². The lowest BCUT2D eigenvalue weighted by molar-refractivity contribution is -0.131. The first kappa shape index (κ1) is 16.8. The number of carbonyl (C=O) groups excluding carboxylic acids is 1. The Hall–Kier alpha value is -0.610. The molecule has 4 nitrogen and oxygen atoms in total. The van der Waals surface area contributed by atoms with Gasteiger partial charge in [-0.2, -0.15) is 0 Å². The molecule has 2 aliphatic rings. The second-order valence-corrected chi connectivity index (χ2v) is 7.05. The largest absolute Gasteiger partial charge is 0.381 e. The topological polar surface area (TPSA) is 41.6 Å². The van der Waals surface area contributed by atoms with Gasteiger partial charge in [-0.1, -0.05) is 33.6 Å². The predicted octanol–water partition coefficient (Wildman–Crippen LogP) is 2.78. The monoisotopic (exact) mass is 296 g/mol. The number of hydrogen-bond donors (Lipinski definition) is 1. The first-order valence-corrected chi connectivity index (χ1v) is 8.76. The normalized spacial score (nSPS) is 27.8. The van der Waals surface area contributed by atoms with Crippen LogP contribution in [0.2, 0.25) is 0 Å². The second-order valence-electron chi connectivity index (χ2n) is 7.05. The summed E-state index contributed by atoms with van der Waals surface area (Å²) in [5.41, 5.74) is 0. The zero-order valence-electron chi connectivity index (χ0n) is 13.9. The number of rotatable bonds is 7. The summed E-state index contributed by atoms with van der Waals surface area (Å²) in [6, 6.07) is 0.0496. The summed E-state index contributed by atoms with van der Waals surface area (Å²) in [6.07, 6.45) is 6.74. The van der Waals surface area contributed by atoms with Crippen LogP contribution in [0.5, 0.6) is 0 Å². The lowest BCUT2D eigenvalue weighted by atomic mass is 9.98. The molecule has 0 aromatic rings. The van der Waals surface area contributed by atoms with Crippen LogP contribution in [0.4, 0.5) is 0 Å². The Bertz CT molecular complexity index is 327. The highest BCUT2D eigenvalue weighted by Crippen LogP contribution is 2.24. The molecule has 122 valence electrons. The lowest BCUT2D eigenvalue weighted by Crippen LogP contribution is -2.42. The third kappa shape index (κ3) is 4.68. The van der Waals surface area contributed by atoms with Crippen LogP contribution in [-0.4, -0.2) is 42.8 Å². The molecule has 0 radical (unpaired) electrons. The van der Waals surface area contributed by atoms with Gasteiger partial charge in [0.2, 0.25) is 5.91 Å². The molecular weight excluding hydrogens is 264 g/mol. The number of unbranched alkanes of at least 4 members (excludes halogenated alkanes) is 1. The van der Waals surface area contributed by atoms with Crippen LogP contribution in [0.25, 0.3) is 0 Å². The van der Waals surface area contributed by atoms with Crippen LogP contribution in [0.1, 0.15) is 59.3 Å². The van der Waals surface area contributed by atoms with Crippen molar-refractivity contribution in [3.63, 3.8) is 0 Å². The molecule has 0 saturated carbocycles. The molecule has 2 atom stereocenters. The predicted molar refractivity (Wildman–Crippen MR) is 84.9 cm³/mol. The number of ether oxygens (including phenoxy) is 1. The number of nitrogens with zero attached hydrogens (tertiary/aromatic N) is 1. The summed E-state index contributed by atoms with van der Waals surface area (Å²) in [7, 11) is 0. The minimum absolute atomic E-state index is 0.0496. The van der Waals surface area contributed by atoms with Crippen LogP contribution in [0.15, 0.2) is 0 Å². The van der Waals surface area contributed by atoms with Gasteiger partial charge in [0.1, 0.15) is 0 Å². The summed E-state index contributed by atoms with van der Waals surface area (Å²) in [5, 5.41) is 3.59. The van der Waals surface area contributed by atoms with E-state index in [4.69, 9.17) is 4.74 Å². The highest BCUT2D eigenvalue weighted by Gasteiger charge is 2.39. The summed E-state index contributed by atoms with van der Waals surface area (Å²) < 4.78 is 5.44. The smallest absolute Gasteiger partial charge is 0.241 e. The van der Waals surface area contributed by atoms with Crippen molar-refractivity contribution < 1.29 is 9.53 Å². The standard InChI is InChI=1S/C17H32N2O2/c1-4-5-6-15-17(20)19(16(18-15)11-13(2)3)12-14-7-9-21-10-8-14/h13-16,18H,4-12H2,1-3H3. The summed E-state index contributed by atoms with van der Waals surface area (Å²) in [4.78, 5) is 14.8. The van der Waals surface area contributed by atoms with E-state index in [2.05, 4.69) is 31.0 Å². The summed E-state index contributed by atoms with van der Waals surface area (Å²) in [6.45, 7) is 9.28. The van der Waals surface area contributed by atoms with Gasteiger partial charge in [-0.25, -0.2) is 0 Å². The van der Waals surface area contributed by atoms with Gasteiger partial charge in [-0.15, -0.1) is 0 Å². The molecule has 0 aromatic carbocycles. The fraction of sp³-hybridized carbons (Fsp3) is 0.941. The number of amides is 1. The Labute approximate surface area is 129 Å². The average Bonchev–Trinajstić information content (AvgIpc) is 2.74. The van der Waals surface area contributed by atoms with Crippen molar-refractivity contribution in [3.8, 4) is 0 Å². The number of nitrogens with one attached hydrogen (secondary N) is 1. The Kier molecular flexibility index (Phi) is 6.49. The van der Waals surface area contributed by atoms with Gasteiger partial charge in [-0.05, 0) is 37.5 Å². The number of hydrogen-bond acceptors (Lipinski definition) is 3. The summed E-state index contributed by atoms with van der Waals surface area (Å²) >= 11 is 0. The van der Waals surface area contributed by atoms with Crippen LogP contribution < -0.4 is 5.32 Å². The van der Waals surface area contributed by atoms with E-state index < -0.39 is 0 Å². The maximum absolute atomic E-state index is 12.7. The minimum Gasteiger partial charge on any atom is -0.381 e. The van der Waals surface area contributed by atoms with Crippen molar-refractivity contribution >= 4 is 5.91 Å². The van der Waals surface area contributed by atoms with Crippen molar-refractivity contribution in [1.29, 1.82) is 0 Å². The van der Waals surface area contributed by atoms with E-state index in [1.165, 1.54) is 0 Å². The van der Waals surface area contributed by atoms with E-state index in [0.29, 0.717) is 17.7 Å². The van der Waals surface area contributed by atoms with Crippen LogP contribution in [0, 0.1) is 11.8 Å². The van der Waals surface area contributed by atoms with Gasteiger partial charge in [-0.3, -0.25) is 10.1 Å². The molecule has 1 N–H and O–H groups in total. The Morgan fingerprint density at radius 1 is 1.33 bits per heavy atom. The maximum atomic E-state index is 12.7. The van der Waals surface area contributed by atoms with E-state index in [0.717, 1.165) is 58.3 Å². The van der Waals surface area contributed by atoms with Crippen LogP contribution in [0.3, 0.4) is 0 Å². The number of carbonyl (C=O) groups is 1. The molecule has 4 heteroatoms. The van der Waals surface area contributed by atoms with Gasteiger partial charge in [0.15, 0.2) is 0 Å². The molecule has 2 saturated heterocycles. The average molecular weight is 296 g/mol. The second kappa shape index (κ2) is 8.14. The minimum atomic E-state index is 0.0496. The molecule has 0 aliphatic carbocycles. The molecule has 2 fully saturated rings. The van der Waals surface area contributed by atoms with Crippen LogP contribution in [-0.2, 0) is 9.53 Å². The quantitative estimate of drug-likeness (QED) is 0.785. The van der Waals surface area contributed by atoms with Gasteiger partial charge in [0.05, 0.1) is 12.2 Å². The SMILES string of the molecule is CCCCC1NC(CC(C)C)N(CC2CCOCC2)C1=O. The van der Waals surface area contributed by atoms with Crippen molar-refractivity contribution in [2.75, 3.05) is 19.8 Å². The Balaban J connectivity index is 1.96. The Morgan fingerprint density at radius 3 is 2.67 bits per heavy atom. The maximum Gasteiger partial charge on any atom is 0.241 e. The molecule has 2 unspecified atom stereocenters. The first-order valence-electron chi connectivity index (χ1n) is 8.76. The molecular formula is C17H32N2O2. The third-order valence-corrected chi connectivity index (χ3v) is 4.69. The van der Waals surface area contributed by atoms with E-state index in [1.54, 1.807) is 0 Å². The fourth-order valence-corrected chi connectivity index (χ4v) is 3.43. The van der Waals surface area contributed by atoms with E-state index >= 15 is 0 Å². The first-order chi connectivity index (χ1) is 10.1. The molecule has 1 amide bonds. The van der Waals surface area contributed by atoms with Crippen molar-refractivity contribution in [2.45, 2.75) is 71.5 Å².